The van der Waals surface area contributed by atoms with Crippen molar-refractivity contribution in [2.75, 3.05) is 12.3 Å². The Morgan fingerprint density at radius 2 is 1.68 bits per heavy atom. The van der Waals surface area contributed by atoms with Crippen LogP contribution in [0.2, 0.25) is 5.02 Å². The Kier molecular flexibility index (Phi) is 10.4. The van der Waals surface area contributed by atoms with E-state index in [-0.39, 0.29) is 11.8 Å². The lowest BCUT2D eigenvalue weighted by Crippen LogP contribution is -2.48. The van der Waals surface area contributed by atoms with Gasteiger partial charge in [-0.2, -0.15) is 0 Å². The summed E-state index contributed by atoms with van der Waals surface area (Å²) in [5, 5.41) is 3.68. The van der Waals surface area contributed by atoms with Crippen molar-refractivity contribution >= 4 is 35.2 Å². The molecule has 4 nitrogen and oxygen atoms in total. The monoisotopic (exact) mass is 460 g/mol. The number of amides is 2. The number of aryl methyl sites for hydroxylation is 1. The van der Waals surface area contributed by atoms with Crippen LogP contribution in [0, 0.1) is 12.8 Å². The van der Waals surface area contributed by atoms with Gasteiger partial charge in [-0.15, -0.1) is 11.8 Å². The molecule has 2 aromatic carbocycles. The number of rotatable bonds is 11. The Hall–Kier alpha value is -1.98. The molecule has 0 fully saturated rings. The summed E-state index contributed by atoms with van der Waals surface area (Å²) >= 11 is 7.63. The summed E-state index contributed by atoms with van der Waals surface area (Å²) in [5.74, 6) is 1.09. The second-order valence-electron chi connectivity index (χ2n) is 8.23. The minimum Gasteiger partial charge on any atom is -0.354 e. The van der Waals surface area contributed by atoms with E-state index in [9.17, 15) is 9.59 Å². The summed E-state index contributed by atoms with van der Waals surface area (Å²) in [7, 11) is 0. The number of halogens is 1. The van der Waals surface area contributed by atoms with Gasteiger partial charge in [0.25, 0.3) is 0 Å². The average molecular weight is 461 g/mol. The van der Waals surface area contributed by atoms with E-state index in [0.29, 0.717) is 25.4 Å². The third-order valence-electron chi connectivity index (χ3n) is 4.94. The van der Waals surface area contributed by atoms with E-state index in [4.69, 9.17) is 11.6 Å². The Bertz CT molecular complexity index is 838. The van der Waals surface area contributed by atoms with Crippen molar-refractivity contribution in [1.82, 2.24) is 10.2 Å². The van der Waals surface area contributed by atoms with Crippen molar-refractivity contribution in [3.05, 3.63) is 64.7 Å². The number of hydrogen-bond acceptors (Lipinski definition) is 3. The highest BCUT2D eigenvalue weighted by molar-refractivity contribution is 7.99. The normalized spacial score (nSPS) is 11.9. The van der Waals surface area contributed by atoms with E-state index in [1.54, 1.807) is 16.7 Å². The van der Waals surface area contributed by atoms with Crippen LogP contribution in [0.5, 0.6) is 0 Å². The molecule has 2 aromatic rings. The summed E-state index contributed by atoms with van der Waals surface area (Å²) in [6, 6.07) is 15.3. The van der Waals surface area contributed by atoms with Gasteiger partial charge in [-0.05, 0) is 61.8 Å². The molecule has 0 saturated carbocycles. The summed E-state index contributed by atoms with van der Waals surface area (Å²) in [5.41, 5.74) is 2.20. The van der Waals surface area contributed by atoms with Crippen LogP contribution in [0.4, 0.5) is 0 Å². The van der Waals surface area contributed by atoms with Gasteiger partial charge < -0.3 is 10.2 Å². The Morgan fingerprint density at radius 3 is 2.29 bits per heavy atom. The maximum atomic E-state index is 13.1. The van der Waals surface area contributed by atoms with Crippen molar-refractivity contribution in [3.8, 4) is 0 Å². The maximum Gasteiger partial charge on any atom is 0.242 e. The number of nitrogens with one attached hydrogen (secondary N) is 1. The van der Waals surface area contributed by atoms with Gasteiger partial charge in [-0.3, -0.25) is 9.59 Å². The molecule has 1 atom stereocenters. The standard InChI is InChI=1S/C25H33ClN2O2S/c1-18(2)16-27-25(30)20(4)28(17-21-9-7-19(3)8-10-21)24(29)6-5-15-31-23-13-11-22(26)12-14-23/h7-14,18,20H,5-6,15-17H2,1-4H3,(H,27,30)/t20-/m0/s1. The number of thioether (sulfide) groups is 1. The third kappa shape index (κ3) is 8.96. The highest BCUT2D eigenvalue weighted by atomic mass is 35.5. The molecule has 0 heterocycles. The molecule has 2 amide bonds. The highest BCUT2D eigenvalue weighted by Crippen LogP contribution is 2.22. The fourth-order valence-electron chi connectivity index (χ4n) is 3.01. The van der Waals surface area contributed by atoms with E-state index in [1.165, 1.54) is 5.56 Å². The molecule has 0 unspecified atom stereocenters. The first-order valence-electron chi connectivity index (χ1n) is 10.8. The molecule has 1 N–H and O–H groups in total. The van der Waals surface area contributed by atoms with Gasteiger partial charge in [0.05, 0.1) is 0 Å². The lowest BCUT2D eigenvalue weighted by Gasteiger charge is -2.29. The van der Waals surface area contributed by atoms with E-state index >= 15 is 0 Å². The van der Waals surface area contributed by atoms with Gasteiger partial charge in [0.15, 0.2) is 0 Å². The number of benzene rings is 2. The zero-order valence-electron chi connectivity index (χ0n) is 18.9. The van der Waals surface area contributed by atoms with Crippen molar-refractivity contribution in [2.24, 2.45) is 5.92 Å². The predicted octanol–water partition coefficient (Wildman–Crippen LogP) is 5.71. The van der Waals surface area contributed by atoms with Crippen LogP contribution < -0.4 is 5.32 Å². The van der Waals surface area contributed by atoms with E-state index < -0.39 is 6.04 Å². The van der Waals surface area contributed by atoms with Crippen LogP contribution >= 0.6 is 23.4 Å². The second kappa shape index (κ2) is 12.8. The lowest BCUT2D eigenvalue weighted by atomic mass is 10.1. The van der Waals surface area contributed by atoms with Gasteiger partial charge >= 0.3 is 0 Å². The lowest BCUT2D eigenvalue weighted by molar-refractivity contribution is -0.140. The van der Waals surface area contributed by atoms with Gasteiger partial charge in [-0.1, -0.05) is 55.3 Å². The van der Waals surface area contributed by atoms with Crippen LogP contribution in [0.3, 0.4) is 0 Å². The molecule has 0 saturated heterocycles. The second-order valence-corrected chi connectivity index (χ2v) is 9.83. The molecule has 2 rings (SSSR count). The molecule has 31 heavy (non-hydrogen) atoms. The van der Waals surface area contributed by atoms with Crippen LogP contribution in [0.15, 0.2) is 53.4 Å². The summed E-state index contributed by atoms with van der Waals surface area (Å²) < 4.78 is 0. The average Bonchev–Trinajstić information content (AvgIpc) is 2.75. The Balaban J connectivity index is 1.97. The first-order valence-corrected chi connectivity index (χ1v) is 12.1. The van der Waals surface area contributed by atoms with Gasteiger partial charge in [0.1, 0.15) is 6.04 Å². The molecular formula is C25H33ClN2O2S. The summed E-state index contributed by atoms with van der Waals surface area (Å²) in [6.07, 6.45) is 1.16. The highest BCUT2D eigenvalue weighted by Gasteiger charge is 2.25. The summed E-state index contributed by atoms with van der Waals surface area (Å²) in [4.78, 5) is 28.6. The fourth-order valence-corrected chi connectivity index (χ4v) is 3.99. The zero-order valence-corrected chi connectivity index (χ0v) is 20.4. The molecule has 6 heteroatoms. The Morgan fingerprint density at radius 1 is 1.03 bits per heavy atom. The fraction of sp³-hybridized carbons (Fsp3) is 0.440. The predicted molar refractivity (Wildman–Crippen MR) is 130 cm³/mol. The summed E-state index contributed by atoms with van der Waals surface area (Å²) in [6.45, 7) is 8.99. The number of carbonyl (C=O) groups excluding carboxylic acids is 2. The topological polar surface area (TPSA) is 49.4 Å². The smallest absolute Gasteiger partial charge is 0.242 e. The minimum atomic E-state index is -0.517. The first kappa shape index (κ1) is 25.3. The SMILES string of the molecule is Cc1ccc(CN(C(=O)CCCSc2ccc(Cl)cc2)[C@@H](C)C(=O)NCC(C)C)cc1. The van der Waals surface area contributed by atoms with Crippen LogP contribution in [0.25, 0.3) is 0 Å². The van der Waals surface area contributed by atoms with Gasteiger partial charge in [0.2, 0.25) is 11.8 Å². The van der Waals surface area contributed by atoms with Gasteiger partial charge in [0, 0.05) is 29.4 Å². The zero-order chi connectivity index (χ0) is 22.8. The maximum absolute atomic E-state index is 13.1. The van der Waals surface area contributed by atoms with Crippen molar-refractivity contribution in [3.63, 3.8) is 0 Å². The number of carbonyl (C=O) groups is 2. The van der Waals surface area contributed by atoms with E-state index in [2.05, 4.69) is 19.2 Å². The van der Waals surface area contributed by atoms with Crippen molar-refractivity contribution < 1.29 is 9.59 Å². The number of nitrogens with zero attached hydrogens (tertiary/aromatic N) is 1. The molecule has 0 aliphatic carbocycles. The number of hydrogen-bond donors (Lipinski definition) is 1. The van der Waals surface area contributed by atoms with Crippen molar-refractivity contribution in [2.45, 2.75) is 58.0 Å². The Labute approximate surface area is 195 Å². The molecule has 0 aromatic heterocycles. The minimum absolute atomic E-state index is 0.00415. The molecule has 0 radical (unpaired) electrons. The molecular weight excluding hydrogens is 428 g/mol. The van der Waals surface area contributed by atoms with Gasteiger partial charge in [-0.25, -0.2) is 0 Å². The van der Waals surface area contributed by atoms with Crippen LogP contribution in [0.1, 0.15) is 44.7 Å². The quantitative estimate of drug-likeness (QED) is 0.345. The first-order chi connectivity index (χ1) is 14.8. The molecule has 0 aliphatic heterocycles. The molecule has 0 spiro atoms. The van der Waals surface area contributed by atoms with Crippen LogP contribution in [-0.4, -0.2) is 35.1 Å². The van der Waals surface area contributed by atoms with E-state index in [0.717, 1.165) is 27.7 Å². The third-order valence-corrected chi connectivity index (χ3v) is 6.29. The molecule has 168 valence electrons. The largest absolute Gasteiger partial charge is 0.354 e. The molecule has 0 bridgehead atoms. The van der Waals surface area contributed by atoms with Crippen LogP contribution in [-0.2, 0) is 16.1 Å². The molecule has 0 aliphatic rings. The van der Waals surface area contributed by atoms with E-state index in [1.807, 2.05) is 62.4 Å². The van der Waals surface area contributed by atoms with Crippen molar-refractivity contribution in [1.29, 1.82) is 0 Å².